The van der Waals surface area contributed by atoms with E-state index in [1.165, 1.54) is 12.8 Å². The van der Waals surface area contributed by atoms with Crippen LogP contribution in [0.5, 0.6) is 0 Å². The summed E-state index contributed by atoms with van der Waals surface area (Å²) in [5.41, 5.74) is 0. The third-order valence-corrected chi connectivity index (χ3v) is 4.39. The van der Waals surface area contributed by atoms with E-state index in [1.807, 2.05) is 0 Å². The second-order valence-electron chi connectivity index (χ2n) is 3.94. The van der Waals surface area contributed by atoms with E-state index in [1.54, 1.807) is 6.92 Å². The maximum absolute atomic E-state index is 11.2. The van der Waals surface area contributed by atoms with Crippen LogP contribution in [0.4, 0.5) is 0 Å². The van der Waals surface area contributed by atoms with Crippen LogP contribution < -0.4 is 5.32 Å². The van der Waals surface area contributed by atoms with E-state index in [0.29, 0.717) is 12.6 Å². The molecule has 0 aromatic heterocycles. The zero-order valence-corrected chi connectivity index (χ0v) is 11.1. The molecule has 0 bridgehead atoms. The number of hydrogen-bond donors (Lipinski definition) is 1. The van der Waals surface area contributed by atoms with Crippen molar-refractivity contribution in [1.29, 1.82) is 0 Å². The first-order chi connectivity index (χ1) is 7.05. The van der Waals surface area contributed by atoms with Gasteiger partial charge in [0.15, 0.2) is 9.84 Å². The van der Waals surface area contributed by atoms with Gasteiger partial charge in [0.25, 0.3) is 0 Å². The van der Waals surface area contributed by atoms with Crippen LogP contribution in [0.2, 0.25) is 0 Å². The number of rotatable bonds is 9. The highest BCUT2D eigenvalue weighted by Gasteiger charge is 2.09. The molecule has 0 aliphatic rings. The summed E-state index contributed by atoms with van der Waals surface area (Å²) in [6, 6.07) is 0.483. The molecule has 1 N–H and O–H groups in total. The average molecular weight is 235 g/mol. The van der Waals surface area contributed by atoms with Crippen LogP contribution in [-0.4, -0.2) is 32.5 Å². The Kier molecular flexibility index (Phi) is 8.06. The highest BCUT2D eigenvalue weighted by Crippen LogP contribution is 2.03. The molecule has 0 radical (unpaired) electrons. The smallest absolute Gasteiger partial charge is 0.151 e. The van der Waals surface area contributed by atoms with E-state index >= 15 is 0 Å². The van der Waals surface area contributed by atoms with E-state index in [0.717, 1.165) is 12.8 Å². The van der Waals surface area contributed by atoms with Crippen molar-refractivity contribution in [2.45, 2.75) is 52.5 Å². The van der Waals surface area contributed by atoms with E-state index in [9.17, 15) is 8.42 Å². The van der Waals surface area contributed by atoms with Gasteiger partial charge in [0.05, 0.1) is 5.75 Å². The molecule has 0 spiro atoms. The number of nitrogens with one attached hydrogen (secondary N) is 1. The number of hydrogen-bond acceptors (Lipinski definition) is 3. The van der Waals surface area contributed by atoms with Crippen LogP contribution in [0.3, 0.4) is 0 Å². The fourth-order valence-electron chi connectivity index (χ4n) is 1.46. The van der Waals surface area contributed by atoms with Gasteiger partial charge in [-0.3, -0.25) is 0 Å². The van der Waals surface area contributed by atoms with Gasteiger partial charge < -0.3 is 5.32 Å². The Morgan fingerprint density at radius 1 is 1.20 bits per heavy atom. The quantitative estimate of drug-likeness (QED) is 0.664. The molecular formula is C11H25NO2S. The van der Waals surface area contributed by atoms with Crippen molar-refractivity contribution in [3.05, 3.63) is 0 Å². The highest BCUT2D eigenvalue weighted by atomic mass is 32.2. The molecule has 1 unspecified atom stereocenters. The summed E-state index contributed by atoms with van der Waals surface area (Å²) >= 11 is 0. The van der Waals surface area contributed by atoms with Gasteiger partial charge in [0.2, 0.25) is 0 Å². The fourth-order valence-corrected chi connectivity index (χ4v) is 2.18. The van der Waals surface area contributed by atoms with Gasteiger partial charge >= 0.3 is 0 Å². The Bertz CT molecular complexity index is 237. The summed E-state index contributed by atoms with van der Waals surface area (Å²) in [7, 11) is -2.81. The van der Waals surface area contributed by atoms with E-state index in [2.05, 4.69) is 19.2 Å². The third kappa shape index (κ3) is 7.79. The first kappa shape index (κ1) is 14.9. The van der Waals surface area contributed by atoms with Crippen LogP contribution in [0.1, 0.15) is 46.5 Å². The lowest BCUT2D eigenvalue weighted by molar-refractivity contribution is 0.463. The van der Waals surface area contributed by atoms with Gasteiger partial charge in [0.1, 0.15) is 0 Å². The molecular weight excluding hydrogens is 210 g/mol. The Labute approximate surface area is 94.6 Å². The van der Waals surface area contributed by atoms with E-state index < -0.39 is 9.84 Å². The molecule has 15 heavy (non-hydrogen) atoms. The van der Waals surface area contributed by atoms with Crippen molar-refractivity contribution in [2.75, 3.05) is 18.1 Å². The highest BCUT2D eigenvalue weighted by molar-refractivity contribution is 7.91. The predicted molar refractivity (Wildman–Crippen MR) is 65.9 cm³/mol. The lowest BCUT2D eigenvalue weighted by Gasteiger charge is -2.16. The summed E-state index contributed by atoms with van der Waals surface area (Å²) in [4.78, 5) is 0. The molecule has 0 fully saturated rings. The first-order valence-corrected chi connectivity index (χ1v) is 7.81. The van der Waals surface area contributed by atoms with Crippen LogP contribution >= 0.6 is 0 Å². The molecule has 0 saturated heterocycles. The van der Waals surface area contributed by atoms with Crippen molar-refractivity contribution < 1.29 is 8.42 Å². The standard InChI is InChI=1S/C11H25NO2S/c1-4-7-8-11(5-2)12-9-10-15(13,14)6-3/h11-12H,4-10H2,1-3H3. The Balaban J connectivity index is 3.72. The van der Waals surface area contributed by atoms with Crippen LogP contribution in [0.25, 0.3) is 0 Å². The minimum Gasteiger partial charge on any atom is -0.313 e. The van der Waals surface area contributed by atoms with Crippen LogP contribution in [0, 0.1) is 0 Å². The summed E-state index contributed by atoms with van der Waals surface area (Å²) in [5, 5.41) is 3.32. The van der Waals surface area contributed by atoms with Crippen molar-refractivity contribution in [2.24, 2.45) is 0 Å². The maximum Gasteiger partial charge on any atom is 0.151 e. The van der Waals surface area contributed by atoms with Crippen LogP contribution in [0.15, 0.2) is 0 Å². The molecule has 0 aliphatic carbocycles. The zero-order chi connectivity index (χ0) is 11.7. The number of sulfone groups is 1. The van der Waals surface area contributed by atoms with Crippen molar-refractivity contribution >= 4 is 9.84 Å². The molecule has 1 atom stereocenters. The largest absolute Gasteiger partial charge is 0.313 e. The van der Waals surface area contributed by atoms with Gasteiger partial charge in [-0.1, -0.05) is 33.6 Å². The van der Waals surface area contributed by atoms with Crippen molar-refractivity contribution in [3.8, 4) is 0 Å². The second-order valence-corrected chi connectivity index (χ2v) is 6.41. The molecule has 0 saturated carbocycles. The number of unbranched alkanes of at least 4 members (excludes halogenated alkanes) is 1. The molecule has 92 valence electrons. The summed E-state index contributed by atoms with van der Waals surface area (Å²) in [6.07, 6.45) is 4.64. The topological polar surface area (TPSA) is 46.2 Å². The van der Waals surface area contributed by atoms with E-state index in [-0.39, 0.29) is 11.5 Å². The molecule has 0 amide bonds. The molecule has 0 aliphatic heterocycles. The molecule has 0 aromatic rings. The predicted octanol–water partition coefficient (Wildman–Crippen LogP) is 1.98. The SMILES string of the molecule is CCCCC(CC)NCCS(=O)(=O)CC. The third-order valence-electron chi connectivity index (χ3n) is 2.68. The summed E-state index contributed by atoms with van der Waals surface area (Å²) in [5.74, 6) is 0.520. The van der Waals surface area contributed by atoms with Crippen LogP contribution in [-0.2, 0) is 9.84 Å². The van der Waals surface area contributed by atoms with Gasteiger partial charge in [-0.15, -0.1) is 0 Å². The zero-order valence-electron chi connectivity index (χ0n) is 10.3. The molecule has 3 nitrogen and oxygen atoms in total. The van der Waals surface area contributed by atoms with Gasteiger partial charge in [-0.25, -0.2) is 8.42 Å². The molecule has 0 aromatic carbocycles. The van der Waals surface area contributed by atoms with Gasteiger partial charge in [-0.2, -0.15) is 0 Å². The minimum atomic E-state index is -2.81. The fraction of sp³-hybridized carbons (Fsp3) is 1.00. The molecule has 4 heteroatoms. The van der Waals surface area contributed by atoms with E-state index in [4.69, 9.17) is 0 Å². The normalized spacial score (nSPS) is 14.1. The Hall–Kier alpha value is -0.0900. The Morgan fingerprint density at radius 2 is 1.87 bits per heavy atom. The Morgan fingerprint density at radius 3 is 2.33 bits per heavy atom. The van der Waals surface area contributed by atoms with Gasteiger partial charge in [0, 0.05) is 18.3 Å². The minimum absolute atomic E-state index is 0.250. The monoisotopic (exact) mass is 235 g/mol. The average Bonchev–Trinajstić information content (AvgIpc) is 2.23. The van der Waals surface area contributed by atoms with Gasteiger partial charge in [-0.05, 0) is 12.8 Å². The maximum atomic E-state index is 11.2. The molecule has 0 rings (SSSR count). The summed E-state index contributed by atoms with van der Waals surface area (Å²) in [6.45, 7) is 6.61. The lowest BCUT2D eigenvalue weighted by Crippen LogP contribution is -2.33. The second kappa shape index (κ2) is 8.11. The van der Waals surface area contributed by atoms with Crippen molar-refractivity contribution in [1.82, 2.24) is 5.32 Å². The lowest BCUT2D eigenvalue weighted by atomic mass is 10.1. The van der Waals surface area contributed by atoms with Crippen molar-refractivity contribution in [3.63, 3.8) is 0 Å². The first-order valence-electron chi connectivity index (χ1n) is 5.99. The summed E-state index contributed by atoms with van der Waals surface area (Å²) < 4.78 is 22.5. The molecule has 0 heterocycles.